The summed E-state index contributed by atoms with van der Waals surface area (Å²) in [6.07, 6.45) is 5.32. The van der Waals surface area contributed by atoms with Crippen molar-refractivity contribution < 1.29 is 0 Å². The van der Waals surface area contributed by atoms with Crippen molar-refractivity contribution in [3.8, 4) is 11.3 Å². The molecular formula is C17H15N5S. The SMILES string of the molecule is CC(Nc1cc(-c2ccncc2)nc2ccnn12)c1cccs1. The van der Waals surface area contributed by atoms with Crippen LogP contribution in [0.4, 0.5) is 5.82 Å². The third kappa shape index (κ3) is 2.68. The lowest BCUT2D eigenvalue weighted by molar-refractivity contribution is 0.855. The van der Waals surface area contributed by atoms with Crippen LogP contribution < -0.4 is 5.32 Å². The zero-order valence-electron chi connectivity index (χ0n) is 12.5. The molecule has 0 aliphatic carbocycles. The highest BCUT2D eigenvalue weighted by Crippen LogP contribution is 2.26. The van der Waals surface area contributed by atoms with E-state index in [0.29, 0.717) is 0 Å². The van der Waals surface area contributed by atoms with Crippen LogP contribution in [-0.2, 0) is 0 Å². The lowest BCUT2D eigenvalue weighted by Gasteiger charge is -2.15. The maximum Gasteiger partial charge on any atom is 0.157 e. The Morgan fingerprint density at radius 3 is 2.78 bits per heavy atom. The van der Waals surface area contributed by atoms with Crippen molar-refractivity contribution in [2.45, 2.75) is 13.0 Å². The van der Waals surface area contributed by atoms with Crippen molar-refractivity contribution >= 4 is 22.8 Å². The molecule has 4 rings (SSSR count). The summed E-state index contributed by atoms with van der Waals surface area (Å²) >= 11 is 1.74. The van der Waals surface area contributed by atoms with Crippen molar-refractivity contribution in [2.75, 3.05) is 5.32 Å². The Labute approximate surface area is 137 Å². The molecule has 0 bridgehead atoms. The lowest BCUT2D eigenvalue weighted by atomic mass is 10.2. The highest BCUT2D eigenvalue weighted by atomic mass is 32.1. The molecule has 0 radical (unpaired) electrons. The molecule has 1 N–H and O–H groups in total. The minimum Gasteiger partial charge on any atom is -0.363 e. The molecule has 1 unspecified atom stereocenters. The predicted octanol–water partition coefficient (Wildman–Crippen LogP) is 4.03. The molecule has 0 saturated carbocycles. The molecule has 0 aliphatic heterocycles. The molecule has 4 aromatic heterocycles. The van der Waals surface area contributed by atoms with Crippen LogP contribution in [0.25, 0.3) is 16.9 Å². The first-order chi connectivity index (χ1) is 11.3. The smallest absolute Gasteiger partial charge is 0.157 e. The maximum atomic E-state index is 4.67. The fraction of sp³-hybridized carbons (Fsp3) is 0.118. The first-order valence-corrected chi connectivity index (χ1v) is 8.24. The molecule has 0 saturated heterocycles. The van der Waals surface area contributed by atoms with Crippen LogP contribution in [0.15, 0.2) is 60.4 Å². The van der Waals surface area contributed by atoms with Crippen molar-refractivity contribution in [3.63, 3.8) is 0 Å². The van der Waals surface area contributed by atoms with E-state index >= 15 is 0 Å². The number of fused-ring (bicyclic) bond motifs is 1. The Morgan fingerprint density at radius 2 is 2.00 bits per heavy atom. The van der Waals surface area contributed by atoms with E-state index in [2.05, 4.69) is 44.8 Å². The number of pyridine rings is 1. The van der Waals surface area contributed by atoms with Crippen LogP contribution in [0.1, 0.15) is 17.8 Å². The van der Waals surface area contributed by atoms with Crippen LogP contribution in [0.3, 0.4) is 0 Å². The molecule has 4 heterocycles. The Kier molecular flexibility index (Phi) is 3.51. The summed E-state index contributed by atoms with van der Waals surface area (Å²) in [5.74, 6) is 0.924. The Hall–Kier alpha value is -2.73. The number of thiophene rings is 1. The predicted molar refractivity (Wildman–Crippen MR) is 92.6 cm³/mol. The largest absolute Gasteiger partial charge is 0.363 e. The molecule has 4 aromatic rings. The summed E-state index contributed by atoms with van der Waals surface area (Å²) < 4.78 is 1.83. The molecule has 114 valence electrons. The van der Waals surface area contributed by atoms with Crippen LogP contribution in [0.5, 0.6) is 0 Å². The summed E-state index contributed by atoms with van der Waals surface area (Å²) in [6, 6.07) is 12.3. The minimum atomic E-state index is 0.204. The summed E-state index contributed by atoms with van der Waals surface area (Å²) in [7, 11) is 0. The second-order valence-electron chi connectivity index (χ2n) is 5.25. The van der Waals surface area contributed by atoms with Crippen molar-refractivity contribution in [1.82, 2.24) is 19.6 Å². The number of nitrogens with zero attached hydrogens (tertiary/aromatic N) is 4. The molecule has 5 nitrogen and oxygen atoms in total. The van der Waals surface area contributed by atoms with Crippen LogP contribution in [0, 0.1) is 0 Å². The van der Waals surface area contributed by atoms with Crippen LogP contribution >= 0.6 is 11.3 Å². The third-order valence-electron chi connectivity index (χ3n) is 3.67. The second kappa shape index (κ2) is 5.81. The lowest BCUT2D eigenvalue weighted by Crippen LogP contribution is -2.10. The van der Waals surface area contributed by atoms with E-state index in [9.17, 15) is 0 Å². The molecule has 0 spiro atoms. The van der Waals surface area contributed by atoms with E-state index in [0.717, 1.165) is 22.7 Å². The normalized spacial score (nSPS) is 12.4. The average Bonchev–Trinajstić information content (AvgIpc) is 3.27. The molecule has 6 heteroatoms. The van der Waals surface area contributed by atoms with Gasteiger partial charge in [-0.25, -0.2) is 4.98 Å². The van der Waals surface area contributed by atoms with E-state index < -0.39 is 0 Å². The van der Waals surface area contributed by atoms with Gasteiger partial charge in [-0.15, -0.1) is 11.3 Å². The first kappa shape index (κ1) is 13.9. The molecule has 0 aromatic carbocycles. The van der Waals surface area contributed by atoms with E-state index in [4.69, 9.17) is 0 Å². The molecule has 0 amide bonds. The third-order valence-corrected chi connectivity index (χ3v) is 4.72. The minimum absolute atomic E-state index is 0.204. The average molecular weight is 321 g/mol. The van der Waals surface area contributed by atoms with E-state index in [1.165, 1.54) is 4.88 Å². The summed E-state index contributed by atoms with van der Waals surface area (Å²) in [6.45, 7) is 2.15. The number of aromatic nitrogens is 4. The van der Waals surface area contributed by atoms with Gasteiger partial charge in [-0.3, -0.25) is 4.98 Å². The Bertz CT molecular complexity index is 915. The Balaban J connectivity index is 1.77. The number of hydrogen-bond acceptors (Lipinski definition) is 5. The monoisotopic (exact) mass is 321 g/mol. The van der Waals surface area contributed by atoms with Gasteiger partial charge in [0.25, 0.3) is 0 Å². The number of hydrogen-bond donors (Lipinski definition) is 1. The zero-order valence-corrected chi connectivity index (χ0v) is 13.4. The van der Waals surface area contributed by atoms with Crippen molar-refractivity contribution in [2.24, 2.45) is 0 Å². The van der Waals surface area contributed by atoms with Gasteiger partial charge in [-0.1, -0.05) is 6.07 Å². The van der Waals surface area contributed by atoms with Gasteiger partial charge in [0.1, 0.15) is 5.82 Å². The van der Waals surface area contributed by atoms with E-state index in [1.807, 2.05) is 28.8 Å². The van der Waals surface area contributed by atoms with Gasteiger partial charge in [0.15, 0.2) is 5.65 Å². The number of nitrogens with one attached hydrogen (secondary N) is 1. The van der Waals surface area contributed by atoms with Gasteiger partial charge in [0.05, 0.1) is 17.9 Å². The van der Waals surface area contributed by atoms with Gasteiger partial charge >= 0.3 is 0 Å². The molecule has 1 atom stereocenters. The summed E-state index contributed by atoms with van der Waals surface area (Å²) in [4.78, 5) is 10.0. The van der Waals surface area contributed by atoms with Crippen LogP contribution in [-0.4, -0.2) is 19.6 Å². The van der Waals surface area contributed by atoms with Crippen LogP contribution in [0.2, 0.25) is 0 Å². The number of anilines is 1. The molecule has 23 heavy (non-hydrogen) atoms. The summed E-state index contributed by atoms with van der Waals surface area (Å²) in [5.41, 5.74) is 2.76. The van der Waals surface area contributed by atoms with Gasteiger partial charge in [0, 0.05) is 35.0 Å². The van der Waals surface area contributed by atoms with Crippen molar-refractivity contribution in [1.29, 1.82) is 0 Å². The Morgan fingerprint density at radius 1 is 1.13 bits per heavy atom. The quantitative estimate of drug-likeness (QED) is 0.616. The van der Waals surface area contributed by atoms with E-state index in [-0.39, 0.29) is 6.04 Å². The fourth-order valence-electron chi connectivity index (χ4n) is 2.52. The fourth-order valence-corrected chi connectivity index (χ4v) is 3.25. The topological polar surface area (TPSA) is 55.1 Å². The standard InChI is InChI=1S/C17H15N5S/c1-12(15-3-2-10-23-15)20-17-11-14(13-4-7-18-8-5-13)21-16-6-9-19-22(16)17/h2-12,20H,1H3. The molecular weight excluding hydrogens is 306 g/mol. The highest BCUT2D eigenvalue weighted by Gasteiger charge is 2.12. The maximum absolute atomic E-state index is 4.67. The molecule has 0 aliphatic rings. The number of rotatable bonds is 4. The second-order valence-corrected chi connectivity index (χ2v) is 6.22. The van der Waals surface area contributed by atoms with E-state index in [1.54, 1.807) is 29.9 Å². The zero-order chi connectivity index (χ0) is 15.6. The first-order valence-electron chi connectivity index (χ1n) is 7.36. The van der Waals surface area contributed by atoms with Crippen molar-refractivity contribution in [3.05, 3.63) is 65.2 Å². The molecule has 0 fully saturated rings. The highest BCUT2D eigenvalue weighted by molar-refractivity contribution is 7.10. The van der Waals surface area contributed by atoms with Gasteiger partial charge in [-0.05, 0) is 30.5 Å². The van der Waals surface area contributed by atoms with Gasteiger partial charge in [-0.2, -0.15) is 9.61 Å². The van der Waals surface area contributed by atoms with Gasteiger partial charge in [0.2, 0.25) is 0 Å². The van der Waals surface area contributed by atoms with Gasteiger partial charge < -0.3 is 5.32 Å². The summed E-state index contributed by atoms with van der Waals surface area (Å²) in [5, 5.41) is 10.00.